The van der Waals surface area contributed by atoms with Crippen LogP contribution in [0.5, 0.6) is 0 Å². The molecule has 0 radical (unpaired) electrons. The van der Waals surface area contributed by atoms with Crippen LogP contribution in [0.3, 0.4) is 0 Å². The Labute approximate surface area is 112 Å². The zero-order chi connectivity index (χ0) is 11.4. The van der Waals surface area contributed by atoms with Crippen molar-refractivity contribution in [1.29, 1.82) is 0 Å². The Morgan fingerprint density at radius 2 is 2.19 bits per heavy atom. The van der Waals surface area contributed by atoms with Crippen molar-refractivity contribution in [1.82, 2.24) is 4.98 Å². The minimum absolute atomic E-state index is 0.843. The van der Waals surface area contributed by atoms with Gasteiger partial charge in [-0.3, -0.25) is 0 Å². The van der Waals surface area contributed by atoms with E-state index in [0.717, 1.165) is 27.7 Å². The van der Waals surface area contributed by atoms with Gasteiger partial charge in [0, 0.05) is 11.4 Å². The summed E-state index contributed by atoms with van der Waals surface area (Å²) in [5.74, 6) is 0.886. The summed E-state index contributed by atoms with van der Waals surface area (Å²) in [5, 5.41) is 3.27. The molecule has 0 amide bonds. The Morgan fingerprint density at radius 3 is 2.88 bits per heavy atom. The molecule has 2 rings (SSSR count). The molecular formula is C11H10BrClN2S. The van der Waals surface area contributed by atoms with Crippen LogP contribution in [0.15, 0.2) is 34.9 Å². The molecule has 16 heavy (non-hydrogen) atoms. The van der Waals surface area contributed by atoms with Gasteiger partial charge in [-0.2, -0.15) is 0 Å². The van der Waals surface area contributed by atoms with E-state index in [2.05, 4.69) is 32.3 Å². The lowest BCUT2D eigenvalue weighted by Gasteiger charge is -2.04. The summed E-state index contributed by atoms with van der Waals surface area (Å²) in [6, 6.07) is 9.81. The third kappa shape index (κ3) is 3.47. The lowest BCUT2D eigenvalue weighted by molar-refractivity contribution is 1.02. The maximum absolute atomic E-state index is 5.86. The van der Waals surface area contributed by atoms with Gasteiger partial charge in [-0.05, 0) is 46.6 Å². The Hall–Kier alpha value is -0.580. The molecule has 0 aromatic carbocycles. The number of nitrogens with zero attached hydrogens (tertiary/aromatic N) is 1. The molecule has 5 heteroatoms. The van der Waals surface area contributed by atoms with Crippen LogP contribution in [-0.4, -0.2) is 11.5 Å². The first-order chi connectivity index (χ1) is 7.74. The molecule has 0 spiro atoms. The van der Waals surface area contributed by atoms with E-state index in [0.29, 0.717) is 0 Å². The van der Waals surface area contributed by atoms with Gasteiger partial charge in [0.05, 0.1) is 4.34 Å². The minimum Gasteiger partial charge on any atom is -0.370 e. The van der Waals surface area contributed by atoms with E-state index >= 15 is 0 Å². The Balaban J connectivity index is 1.84. The number of hydrogen-bond donors (Lipinski definition) is 1. The fraction of sp³-hybridized carbons (Fsp3) is 0.182. The first-order valence-corrected chi connectivity index (χ1v) is 6.83. The zero-order valence-corrected chi connectivity index (χ0v) is 11.6. The van der Waals surface area contributed by atoms with Crippen LogP contribution < -0.4 is 5.32 Å². The van der Waals surface area contributed by atoms with Crippen molar-refractivity contribution in [3.05, 3.63) is 44.1 Å². The number of hydrogen-bond acceptors (Lipinski definition) is 3. The number of thiophene rings is 1. The second-order valence-electron chi connectivity index (χ2n) is 3.23. The van der Waals surface area contributed by atoms with E-state index in [4.69, 9.17) is 11.6 Å². The van der Waals surface area contributed by atoms with Gasteiger partial charge in [-0.15, -0.1) is 11.3 Å². The van der Waals surface area contributed by atoms with Crippen LogP contribution in [0.2, 0.25) is 4.34 Å². The molecule has 0 aliphatic heterocycles. The third-order valence-corrected chi connectivity index (χ3v) is 3.75. The molecule has 0 fully saturated rings. The molecule has 0 aliphatic carbocycles. The van der Waals surface area contributed by atoms with Gasteiger partial charge in [0.25, 0.3) is 0 Å². The molecule has 84 valence electrons. The topological polar surface area (TPSA) is 24.9 Å². The van der Waals surface area contributed by atoms with E-state index in [-0.39, 0.29) is 0 Å². The molecule has 1 N–H and O–H groups in total. The Morgan fingerprint density at radius 1 is 1.31 bits per heavy atom. The highest BCUT2D eigenvalue weighted by atomic mass is 79.9. The van der Waals surface area contributed by atoms with Crippen LogP contribution >= 0.6 is 38.9 Å². The van der Waals surface area contributed by atoms with Crippen LogP contribution in [0.25, 0.3) is 0 Å². The molecule has 0 saturated carbocycles. The van der Waals surface area contributed by atoms with Crippen LogP contribution in [0.4, 0.5) is 5.82 Å². The monoisotopic (exact) mass is 316 g/mol. The number of rotatable bonds is 4. The van der Waals surface area contributed by atoms with E-state index in [1.807, 2.05) is 24.3 Å². The molecule has 2 heterocycles. The normalized spacial score (nSPS) is 10.4. The Kier molecular flexibility index (Phi) is 4.21. The van der Waals surface area contributed by atoms with Crippen molar-refractivity contribution in [2.45, 2.75) is 6.42 Å². The fourth-order valence-electron chi connectivity index (χ4n) is 1.31. The molecule has 0 saturated heterocycles. The standard InChI is InChI=1S/C11H10BrClN2S/c12-9-2-1-3-11(15-9)14-7-6-8-4-5-10(13)16-8/h1-5H,6-7H2,(H,14,15). The number of aromatic nitrogens is 1. The Bertz CT molecular complexity index is 473. The number of halogens is 2. The first kappa shape index (κ1) is 11.9. The highest BCUT2D eigenvalue weighted by Crippen LogP contribution is 2.21. The molecule has 2 aromatic rings. The van der Waals surface area contributed by atoms with Gasteiger partial charge in [-0.1, -0.05) is 17.7 Å². The van der Waals surface area contributed by atoms with Crippen molar-refractivity contribution in [2.24, 2.45) is 0 Å². The van der Waals surface area contributed by atoms with Gasteiger partial charge >= 0.3 is 0 Å². The van der Waals surface area contributed by atoms with Crippen molar-refractivity contribution >= 4 is 44.7 Å². The highest BCUT2D eigenvalue weighted by molar-refractivity contribution is 9.10. The second kappa shape index (κ2) is 5.66. The van der Waals surface area contributed by atoms with Gasteiger partial charge in [0.2, 0.25) is 0 Å². The smallest absolute Gasteiger partial charge is 0.127 e. The molecule has 2 aromatic heterocycles. The SMILES string of the molecule is Clc1ccc(CCNc2cccc(Br)n2)s1. The summed E-state index contributed by atoms with van der Waals surface area (Å²) in [7, 11) is 0. The van der Waals surface area contributed by atoms with Gasteiger partial charge in [0.15, 0.2) is 0 Å². The lowest BCUT2D eigenvalue weighted by atomic mass is 10.3. The minimum atomic E-state index is 0.843. The quantitative estimate of drug-likeness (QED) is 0.854. The largest absolute Gasteiger partial charge is 0.370 e. The number of nitrogens with one attached hydrogen (secondary N) is 1. The summed E-state index contributed by atoms with van der Waals surface area (Å²) in [6.45, 7) is 0.861. The van der Waals surface area contributed by atoms with Gasteiger partial charge in [-0.25, -0.2) is 4.98 Å². The van der Waals surface area contributed by atoms with Crippen molar-refractivity contribution < 1.29 is 0 Å². The molecule has 0 atom stereocenters. The zero-order valence-electron chi connectivity index (χ0n) is 8.41. The molecule has 0 bridgehead atoms. The maximum atomic E-state index is 5.86. The third-order valence-electron chi connectivity index (χ3n) is 2.02. The first-order valence-electron chi connectivity index (χ1n) is 4.85. The average Bonchev–Trinajstić information content (AvgIpc) is 2.64. The van der Waals surface area contributed by atoms with E-state index in [9.17, 15) is 0 Å². The maximum Gasteiger partial charge on any atom is 0.127 e. The van der Waals surface area contributed by atoms with E-state index < -0.39 is 0 Å². The lowest BCUT2D eigenvalue weighted by Crippen LogP contribution is -2.05. The van der Waals surface area contributed by atoms with Crippen molar-refractivity contribution in [3.63, 3.8) is 0 Å². The predicted octanol–water partition coefficient (Wildman–Crippen LogP) is 4.21. The summed E-state index contributed by atoms with van der Waals surface area (Å²) in [4.78, 5) is 5.58. The van der Waals surface area contributed by atoms with E-state index in [1.54, 1.807) is 11.3 Å². The summed E-state index contributed by atoms with van der Waals surface area (Å²) < 4.78 is 1.69. The highest BCUT2D eigenvalue weighted by Gasteiger charge is 1.98. The summed E-state index contributed by atoms with van der Waals surface area (Å²) in [6.07, 6.45) is 0.964. The fourth-order valence-corrected chi connectivity index (χ4v) is 2.74. The van der Waals surface area contributed by atoms with Gasteiger partial charge in [0.1, 0.15) is 10.4 Å². The predicted molar refractivity (Wildman–Crippen MR) is 73.5 cm³/mol. The number of pyridine rings is 1. The summed E-state index contributed by atoms with van der Waals surface area (Å²) >= 11 is 10.8. The second-order valence-corrected chi connectivity index (χ2v) is 5.84. The number of anilines is 1. The molecule has 2 nitrogen and oxygen atoms in total. The summed E-state index contributed by atoms with van der Waals surface area (Å²) in [5.41, 5.74) is 0. The van der Waals surface area contributed by atoms with Crippen LogP contribution in [0.1, 0.15) is 4.88 Å². The average molecular weight is 318 g/mol. The van der Waals surface area contributed by atoms with Crippen LogP contribution in [0, 0.1) is 0 Å². The van der Waals surface area contributed by atoms with Crippen LogP contribution in [-0.2, 0) is 6.42 Å². The van der Waals surface area contributed by atoms with Crippen molar-refractivity contribution in [3.8, 4) is 0 Å². The van der Waals surface area contributed by atoms with Crippen molar-refractivity contribution in [2.75, 3.05) is 11.9 Å². The molecular weight excluding hydrogens is 308 g/mol. The van der Waals surface area contributed by atoms with E-state index in [1.165, 1.54) is 4.88 Å². The molecule has 0 aliphatic rings. The molecule has 0 unspecified atom stereocenters. The van der Waals surface area contributed by atoms with Gasteiger partial charge < -0.3 is 5.32 Å².